The second-order valence-electron chi connectivity index (χ2n) is 5.94. The van der Waals surface area contributed by atoms with Crippen molar-refractivity contribution in [2.24, 2.45) is 0 Å². The van der Waals surface area contributed by atoms with E-state index in [2.05, 4.69) is 55.0 Å². The van der Waals surface area contributed by atoms with Gasteiger partial charge >= 0.3 is 0 Å². The van der Waals surface area contributed by atoms with Crippen molar-refractivity contribution in [3.8, 4) is 11.4 Å². The lowest BCUT2D eigenvalue weighted by Crippen LogP contribution is -2.04. The van der Waals surface area contributed by atoms with Crippen LogP contribution in [0.2, 0.25) is 0 Å². The predicted octanol–water partition coefficient (Wildman–Crippen LogP) is 5.08. The molecule has 0 N–H and O–H groups in total. The number of para-hydroxylation sites is 1. The molecule has 0 saturated heterocycles. The Balaban J connectivity index is 1.44. The van der Waals surface area contributed by atoms with E-state index in [-0.39, 0.29) is 0 Å². The lowest BCUT2D eigenvalue weighted by atomic mass is 10.3. The molecule has 0 atom stereocenters. The van der Waals surface area contributed by atoms with Crippen LogP contribution >= 0.6 is 27.7 Å². The molecule has 1 fully saturated rings. The maximum atomic E-state index is 5.81. The third kappa shape index (κ3) is 4.07. The highest BCUT2D eigenvalue weighted by Crippen LogP contribution is 2.41. The molecular weight excluding hydrogens is 398 g/mol. The lowest BCUT2D eigenvalue weighted by molar-refractivity contribution is 0.343. The topological polar surface area (TPSA) is 39.9 Å². The molecule has 0 bridgehead atoms. The summed E-state index contributed by atoms with van der Waals surface area (Å²) in [7, 11) is 0. The van der Waals surface area contributed by atoms with Crippen molar-refractivity contribution >= 4 is 27.7 Å². The van der Waals surface area contributed by atoms with Crippen LogP contribution in [0.25, 0.3) is 5.69 Å². The number of halogens is 1. The van der Waals surface area contributed by atoms with Gasteiger partial charge in [-0.1, -0.05) is 52.0 Å². The summed E-state index contributed by atoms with van der Waals surface area (Å²) in [6.07, 6.45) is 2.42. The van der Waals surface area contributed by atoms with Crippen LogP contribution in [-0.2, 0) is 0 Å². The Morgan fingerprint density at radius 2 is 1.92 bits per heavy atom. The Hall–Kier alpha value is -1.79. The highest BCUT2D eigenvalue weighted by atomic mass is 79.9. The summed E-state index contributed by atoms with van der Waals surface area (Å²) >= 11 is 5.14. The number of thioether (sulfide) groups is 1. The van der Waals surface area contributed by atoms with Crippen molar-refractivity contribution in [2.75, 3.05) is 12.4 Å². The molecule has 1 aliphatic carbocycles. The van der Waals surface area contributed by atoms with Crippen LogP contribution in [0.3, 0.4) is 0 Å². The summed E-state index contributed by atoms with van der Waals surface area (Å²) in [4.78, 5) is 0. The van der Waals surface area contributed by atoms with E-state index in [0.29, 0.717) is 12.5 Å². The number of nitrogens with zero attached hydrogens (tertiary/aromatic N) is 3. The van der Waals surface area contributed by atoms with Crippen LogP contribution < -0.4 is 4.74 Å². The van der Waals surface area contributed by atoms with Gasteiger partial charge in [0, 0.05) is 21.8 Å². The summed E-state index contributed by atoms with van der Waals surface area (Å²) in [6.45, 7) is 0.627. The fourth-order valence-corrected chi connectivity index (χ4v) is 3.80. The van der Waals surface area contributed by atoms with Crippen LogP contribution in [0, 0.1) is 0 Å². The van der Waals surface area contributed by atoms with Gasteiger partial charge in [0.05, 0.1) is 6.61 Å². The average Bonchev–Trinajstić information content (AvgIpc) is 3.39. The Bertz CT molecular complexity index is 849. The van der Waals surface area contributed by atoms with E-state index in [1.165, 1.54) is 12.8 Å². The molecule has 4 rings (SSSR count). The number of hydrogen-bond acceptors (Lipinski definition) is 4. The summed E-state index contributed by atoms with van der Waals surface area (Å²) in [5, 5.41) is 9.81. The van der Waals surface area contributed by atoms with Gasteiger partial charge in [-0.3, -0.25) is 4.57 Å². The molecule has 1 saturated carbocycles. The minimum absolute atomic E-state index is 0.556. The molecule has 0 aliphatic heterocycles. The SMILES string of the molecule is Brc1cccc(OCCSc2nnc(C3CC3)n2-c2ccccc2)c1. The first-order chi connectivity index (χ1) is 12.3. The molecule has 0 radical (unpaired) electrons. The molecule has 128 valence electrons. The Morgan fingerprint density at radius 1 is 1.08 bits per heavy atom. The molecular formula is C19H18BrN3OS. The summed E-state index contributed by atoms with van der Waals surface area (Å²) in [5.41, 5.74) is 1.13. The van der Waals surface area contributed by atoms with E-state index < -0.39 is 0 Å². The van der Waals surface area contributed by atoms with Gasteiger partial charge in [-0.25, -0.2) is 0 Å². The molecule has 1 aromatic heterocycles. The van der Waals surface area contributed by atoms with Crippen molar-refractivity contribution < 1.29 is 4.74 Å². The van der Waals surface area contributed by atoms with E-state index in [1.807, 2.05) is 30.3 Å². The standard InChI is InChI=1S/C19H18BrN3OS/c20-15-5-4-8-17(13-15)24-11-12-25-19-22-21-18(14-9-10-14)23(19)16-6-2-1-3-7-16/h1-8,13-14H,9-12H2. The fourth-order valence-electron chi connectivity index (χ4n) is 2.65. The van der Waals surface area contributed by atoms with Crippen molar-refractivity contribution in [3.05, 3.63) is 64.9 Å². The van der Waals surface area contributed by atoms with Crippen molar-refractivity contribution in [1.29, 1.82) is 0 Å². The van der Waals surface area contributed by atoms with Crippen molar-refractivity contribution in [3.63, 3.8) is 0 Å². The minimum atomic E-state index is 0.556. The van der Waals surface area contributed by atoms with E-state index in [0.717, 1.165) is 32.6 Å². The quantitative estimate of drug-likeness (QED) is 0.398. The molecule has 0 spiro atoms. The molecule has 0 unspecified atom stereocenters. The van der Waals surface area contributed by atoms with Gasteiger partial charge in [-0.2, -0.15) is 0 Å². The Morgan fingerprint density at radius 3 is 2.68 bits per heavy atom. The minimum Gasteiger partial charge on any atom is -0.493 e. The zero-order valence-electron chi connectivity index (χ0n) is 13.6. The number of aromatic nitrogens is 3. The third-order valence-corrected chi connectivity index (χ3v) is 5.38. The predicted molar refractivity (Wildman–Crippen MR) is 104 cm³/mol. The maximum absolute atomic E-state index is 5.81. The Labute approximate surface area is 159 Å². The lowest BCUT2D eigenvalue weighted by Gasteiger charge is -2.10. The molecule has 1 aliphatic rings. The first kappa shape index (κ1) is 16.7. The van der Waals surface area contributed by atoms with Gasteiger partial charge in [0.25, 0.3) is 0 Å². The second kappa shape index (κ2) is 7.62. The van der Waals surface area contributed by atoms with E-state index in [4.69, 9.17) is 4.74 Å². The van der Waals surface area contributed by atoms with Crippen LogP contribution in [0.5, 0.6) is 5.75 Å². The smallest absolute Gasteiger partial charge is 0.195 e. The largest absolute Gasteiger partial charge is 0.493 e. The van der Waals surface area contributed by atoms with Gasteiger partial charge in [-0.05, 0) is 43.2 Å². The average molecular weight is 416 g/mol. The molecule has 1 heterocycles. The molecule has 0 amide bonds. The van der Waals surface area contributed by atoms with E-state index in [9.17, 15) is 0 Å². The van der Waals surface area contributed by atoms with Crippen molar-refractivity contribution in [2.45, 2.75) is 23.9 Å². The first-order valence-electron chi connectivity index (χ1n) is 8.33. The highest BCUT2D eigenvalue weighted by Gasteiger charge is 2.30. The molecule has 4 nitrogen and oxygen atoms in total. The maximum Gasteiger partial charge on any atom is 0.195 e. The molecule has 3 aromatic rings. The van der Waals surface area contributed by atoms with Crippen LogP contribution in [-0.4, -0.2) is 27.1 Å². The molecule has 6 heteroatoms. The number of hydrogen-bond donors (Lipinski definition) is 0. The monoisotopic (exact) mass is 415 g/mol. The van der Waals surface area contributed by atoms with Crippen LogP contribution in [0.4, 0.5) is 0 Å². The van der Waals surface area contributed by atoms with E-state index in [1.54, 1.807) is 11.8 Å². The van der Waals surface area contributed by atoms with Crippen LogP contribution in [0.15, 0.2) is 64.2 Å². The zero-order valence-corrected chi connectivity index (χ0v) is 16.0. The number of benzene rings is 2. The van der Waals surface area contributed by atoms with E-state index >= 15 is 0 Å². The highest BCUT2D eigenvalue weighted by molar-refractivity contribution is 9.10. The zero-order chi connectivity index (χ0) is 17.1. The fraction of sp³-hybridized carbons (Fsp3) is 0.263. The third-order valence-electron chi connectivity index (χ3n) is 3.99. The van der Waals surface area contributed by atoms with Gasteiger partial charge < -0.3 is 4.74 Å². The number of ether oxygens (including phenoxy) is 1. The normalized spacial score (nSPS) is 13.8. The van der Waals surface area contributed by atoms with Crippen molar-refractivity contribution in [1.82, 2.24) is 14.8 Å². The van der Waals surface area contributed by atoms with Gasteiger partial charge in [-0.15, -0.1) is 10.2 Å². The first-order valence-corrected chi connectivity index (χ1v) is 10.1. The van der Waals surface area contributed by atoms with Crippen LogP contribution in [0.1, 0.15) is 24.6 Å². The molecule has 2 aromatic carbocycles. The Kier molecular flexibility index (Phi) is 5.08. The number of rotatable bonds is 7. The summed E-state index contributed by atoms with van der Waals surface area (Å²) in [6, 6.07) is 18.3. The van der Waals surface area contributed by atoms with Gasteiger partial charge in [0.2, 0.25) is 0 Å². The second-order valence-corrected chi connectivity index (χ2v) is 7.92. The molecule has 25 heavy (non-hydrogen) atoms. The van der Waals surface area contributed by atoms with Gasteiger partial charge in [0.15, 0.2) is 5.16 Å². The summed E-state index contributed by atoms with van der Waals surface area (Å²) in [5.74, 6) is 3.34. The van der Waals surface area contributed by atoms with Gasteiger partial charge in [0.1, 0.15) is 11.6 Å². The summed E-state index contributed by atoms with van der Waals surface area (Å²) < 4.78 is 9.03.